The Morgan fingerprint density at radius 1 is 1.35 bits per heavy atom. The van der Waals surface area contributed by atoms with Crippen molar-refractivity contribution in [3.8, 4) is 0 Å². The fourth-order valence-corrected chi connectivity index (χ4v) is 2.63. The van der Waals surface area contributed by atoms with Crippen LogP contribution in [0.5, 0.6) is 0 Å². The Balaban J connectivity index is 0.00000264. The molecule has 1 aromatic carbocycles. The van der Waals surface area contributed by atoms with Crippen LogP contribution in [-0.2, 0) is 11.3 Å². The molecule has 1 heterocycles. The highest BCUT2D eigenvalue weighted by molar-refractivity contribution is 14.0. The molecule has 0 fully saturated rings. The van der Waals surface area contributed by atoms with E-state index in [-0.39, 0.29) is 24.0 Å². The molecule has 0 unspecified atom stereocenters. The Bertz CT molecular complexity index is 543. The number of hydrogen-bond donors (Lipinski definition) is 1. The molecule has 23 heavy (non-hydrogen) atoms. The number of guanidine groups is 1. The molecule has 1 aliphatic rings. The Morgan fingerprint density at radius 3 is 2.78 bits per heavy atom. The van der Waals surface area contributed by atoms with Crippen molar-refractivity contribution >= 4 is 29.9 Å². The molecule has 0 amide bonds. The molecule has 1 aromatic rings. The van der Waals surface area contributed by atoms with Crippen LogP contribution in [0.1, 0.15) is 24.0 Å². The van der Waals surface area contributed by atoms with Crippen molar-refractivity contribution in [3.63, 3.8) is 0 Å². The van der Waals surface area contributed by atoms with Crippen LogP contribution < -0.4 is 5.32 Å². The summed E-state index contributed by atoms with van der Waals surface area (Å²) in [6.45, 7) is 5.54. The zero-order valence-electron chi connectivity index (χ0n) is 14.3. The number of halogens is 1. The SMILES string of the molecule is CN=C(NCCC1=CCOCC1)N(C)Cc1ccccc1C.I. The lowest BCUT2D eigenvalue weighted by Gasteiger charge is -2.23. The molecule has 0 bridgehead atoms. The third-order valence-corrected chi connectivity index (χ3v) is 4.03. The van der Waals surface area contributed by atoms with Crippen LogP contribution in [0, 0.1) is 6.92 Å². The number of benzene rings is 1. The Hall–Kier alpha value is -1.08. The van der Waals surface area contributed by atoms with E-state index in [1.54, 1.807) is 0 Å². The maximum atomic E-state index is 5.34. The van der Waals surface area contributed by atoms with Crippen LogP contribution >= 0.6 is 24.0 Å². The summed E-state index contributed by atoms with van der Waals surface area (Å²) in [5, 5.41) is 3.45. The number of nitrogens with zero attached hydrogens (tertiary/aromatic N) is 2. The first kappa shape index (κ1) is 20.0. The van der Waals surface area contributed by atoms with Gasteiger partial charge in [0.2, 0.25) is 0 Å². The first-order valence-corrected chi connectivity index (χ1v) is 7.92. The monoisotopic (exact) mass is 429 g/mol. The van der Waals surface area contributed by atoms with Gasteiger partial charge in [0, 0.05) is 27.2 Å². The molecule has 4 nitrogen and oxygen atoms in total. The molecular formula is C18H28IN3O. The Morgan fingerprint density at radius 2 is 2.13 bits per heavy atom. The minimum absolute atomic E-state index is 0. The minimum atomic E-state index is 0. The highest BCUT2D eigenvalue weighted by Gasteiger charge is 2.09. The highest BCUT2D eigenvalue weighted by Crippen LogP contribution is 2.11. The lowest BCUT2D eigenvalue weighted by Crippen LogP contribution is -2.39. The van der Waals surface area contributed by atoms with E-state index in [0.29, 0.717) is 0 Å². The largest absolute Gasteiger partial charge is 0.377 e. The molecule has 2 rings (SSSR count). The van der Waals surface area contributed by atoms with Crippen LogP contribution in [0.2, 0.25) is 0 Å². The van der Waals surface area contributed by atoms with Gasteiger partial charge in [0.25, 0.3) is 0 Å². The maximum Gasteiger partial charge on any atom is 0.193 e. The summed E-state index contributed by atoms with van der Waals surface area (Å²) in [7, 11) is 3.92. The van der Waals surface area contributed by atoms with Gasteiger partial charge in [0.05, 0.1) is 13.2 Å². The summed E-state index contributed by atoms with van der Waals surface area (Å²) >= 11 is 0. The summed E-state index contributed by atoms with van der Waals surface area (Å²) in [6, 6.07) is 8.49. The van der Waals surface area contributed by atoms with E-state index in [9.17, 15) is 0 Å². The van der Waals surface area contributed by atoms with E-state index in [0.717, 1.165) is 45.1 Å². The smallest absolute Gasteiger partial charge is 0.193 e. The number of aryl methyl sites for hydroxylation is 1. The van der Waals surface area contributed by atoms with Gasteiger partial charge in [-0.1, -0.05) is 35.9 Å². The molecule has 5 heteroatoms. The van der Waals surface area contributed by atoms with Crippen molar-refractivity contribution in [3.05, 3.63) is 47.0 Å². The lowest BCUT2D eigenvalue weighted by atomic mass is 10.1. The predicted octanol–water partition coefficient (Wildman–Crippen LogP) is 3.36. The molecule has 0 radical (unpaired) electrons. The fraction of sp³-hybridized carbons (Fsp3) is 0.500. The summed E-state index contributed by atoms with van der Waals surface area (Å²) in [5.41, 5.74) is 4.13. The van der Waals surface area contributed by atoms with E-state index in [4.69, 9.17) is 4.74 Å². The van der Waals surface area contributed by atoms with Crippen molar-refractivity contribution in [2.45, 2.75) is 26.3 Å². The van der Waals surface area contributed by atoms with Crippen molar-refractivity contribution in [2.75, 3.05) is 33.9 Å². The second-order valence-electron chi connectivity index (χ2n) is 5.69. The van der Waals surface area contributed by atoms with Crippen LogP contribution in [0.25, 0.3) is 0 Å². The number of rotatable bonds is 5. The second-order valence-corrected chi connectivity index (χ2v) is 5.69. The van der Waals surface area contributed by atoms with Gasteiger partial charge in [-0.15, -0.1) is 24.0 Å². The number of ether oxygens (including phenoxy) is 1. The fourth-order valence-electron chi connectivity index (χ4n) is 2.63. The third-order valence-electron chi connectivity index (χ3n) is 4.03. The molecular weight excluding hydrogens is 401 g/mol. The van der Waals surface area contributed by atoms with Gasteiger partial charge >= 0.3 is 0 Å². The van der Waals surface area contributed by atoms with Crippen LogP contribution in [-0.4, -0.2) is 44.7 Å². The third kappa shape index (κ3) is 6.51. The first-order valence-electron chi connectivity index (χ1n) is 7.92. The molecule has 0 atom stereocenters. The van der Waals surface area contributed by atoms with E-state index in [2.05, 4.69) is 59.5 Å². The van der Waals surface area contributed by atoms with Gasteiger partial charge in [-0.3, -0.25) is 4.99 Å². The lowest BCUT2D eigenvalue weighted by molar-refractivity contribution is 0.153. The van der Waals surface area contributed by atoms with Crippen molar-refractivity contribution in [2.24, 2.45) is 4.99 Å². The summed E-state index contributed by atoms with van der Waals surface area (Å²) in [6.07, 6.45) is 4.31. The number of aliphatic imine (C=N–C) groups is 1. The normalized spacial score (nSPS) is 14.7. The van der Waals surface area contributed by atoms with Gasteiger partial charge < -0.3 is 15.0 Å². The van der Waals surface area contributed by atoms with E-state index in [1.807, 2.05) is 7.05 Å². The predicted molar refractivity (Wildman–Crippen MR) is 108 cm³/mol. The average Bonchev–Trinajstić information content (AvgIpc) is 2.54. The van der Waals surface area contributed by atoms with Crippen molar-refractivity contribution in [1.82, 2.24) is 10.2 Å². The van der Waals surface area contributed by atoms with E-state index < -0.39 is 0 Å². The molecule has 0 spiro atoms. The zero-order chi connectivity index (χ0) is 15.8. The van der Waals surface area contributed by atoms with Gasteiger partial charge in [0.1, 0.15) is 0 Å². The summed E-state index contributed by atoms with van der Waals surface area (Å²) in [5.74, 6) is 0.941. The van der Waals surface area contributed by atoms with E-state index in [1.165, 1.54) is 16.7 Å². The van der Waals surface area contributed by atoms with Crippen LogP contribution in [0.4, 0.5) is 0 Å². The van der Waals surface area contributed by atoms with Gasteiger partial charge in [0.15, 0.2) is 5.96 Å². The maximum absolute atomic E-state index is 5.34. The van der Waals surface area contributed by atoms with Crippen LogP contribution in [0.3, 0.4) is 0 Å². The zero-order valence-corrected chi connectivity index (χ0v) is 16.7. The standard InChI is InChI=1S/C18H27N3O.HI/c1-15-6-4-5-7-17(15)14-21(3)18(19-2)20-11-8-16-9-12-22-13-10-16;/h4-7,9H,8,10-14H2,1-3H3,(H,19,20);1H. The quantitative estimate of drug-likeness (QED) is 0.338. The highest BCUT2D eigenvalue weighted by atomic mass is 127. The van der Waals surface area contributed by atoms with Crippen LogP contribution in [0.15, 0.2) is 40.9 Å². The Labute approximate surface area is 157 Å². The summed E-state index contributed by atoms with van der Waals surface area (Å²) in [4.78, 5) is 6.55. The number of hydrogen-bond acceptors (Lipinski definition) is 2. The van der Waals surface area contributed by atoms with Gasteiger partial charge in [-0.2, -0.15) is 0 Å². The first-order chi connectivity index (χ1) is 10.7. The van der Waals surface area contributed by atoms with Gasteiger partial charge in [-0.05, 0) is 30.9 Å². The Kier molecular flexibility index (Phi) is 9.24. The topological polar surface area (TPSA) is 36.9 Å². The molecule has 0 aromatic heterocycles. The molecule has 1 N–H and O–H groups in total. The molecule has 0 saturated carbocycles. The number of nitrogens with one attached hydrogen (secondary N) is 1. The van der Waals surface area contributed by atoms with E-state index >= 15 is 0 Å². The second kappa shape index (κ2) is 10.6. The molecule has 0 saturated heterocycles. The average molecular weight is 429 g/mol. The molecule has 0 aliphatic carbocycles. The summed E-state index contributed by atoms with van der Waals surface area (Å²) < 4.78 is 5.34. The van der Waals surface area contributed by atoms with Crippen molar-refractivity contribution < 1.29 is 4.74 Å². The van der Waals surface area contributed by atoms with Gasteiger partial charge in [-0.25, -0.2) is 0 Å². The minimum Gasteiger partial charge on any atom is -0.377 e. The molecule has 128 valence electrons. The molecule has 1 aliphatic heterocycles. The van der Waals surface area contributed by atoms with Crippen molar-refractivity contribution in [1.29, 1.82) is 0 Å².